The van der Waals surface area contributed by atoms with Crippen molar-refractivity contribution in [1.29, 1.82) is 0 Å². The molecule has 2 heterocycles. The van der Waals surface area contributed by atoms with E-state index in [-0.39, 0.29) is 0 Å². The SMILES string of the molecule is Cn1cncc1CNc1ccc2oc(=O)[nH]c2c1. The normalized spacial score (nSPS) is 10.9. The van der Waals surface area contributed by atoms with Crippen molar-refractivity contribution in [2.45, 2.75) is 6.54 Å². The third kappa shape index (κ3) is 1.88. The number of aryl methyl sites for hydroxylation is 1. The lowest BCUT2D eigenvalue weighted by Gasteiger charge is -2.06. The Morgan fingerprint density at radius 3 is 3.17 bits per heavy atom. The van der Waals surface area contributed by atoms with E-state index < -0.39 is 5.76 Å². The maximum atomic E-state index is 11.0. The number of anilines is 1. The van der Waals surface area contributed by atoms with Crippen LogP contribution in [0, 0.1) is 0 Å². The zero-order valence-electron chi connectivity index (χ0n) is 9.80. The van der Waals surface area contributed by atoms with E-state index in [2.05, 4.69) is 15.3 Å². The van der Waals surface area contributed by atoms with Gasteiger partial charge in [0, 0.05) is 18.9 Å². The number of imidazole rings is 1. The van der Waals surface area contributed by atoms with Crippen molar-refractivity contribution in [3.05, 3.63) is 47.0 Å². The number of oxazole rings is 1. The molecule has 0 spiro atoms. The second kappa shape index (κ2) is 4.06. The number of fused-ring (bicyclic) bond motifs is 1. The summed E-state index contributed by atoms with van der Waals surface area (Å²) in [5.74, 6) is -0.436. The molecule has 0 unspecified atom stereocenters. The van der Waals surface area contributed by atoms with Crippen molar-refractivity contribution in [3.8, 4) is 0 Å². The van der Waals surface area contributed by atoms with Crippen LogP contribution in [0.15, 0.2) is 39.9 Å². The molecule has 2 N–H and O–H groups in total. The predicted molar refractivity (Wildman–Crippen MR) is 67.4 cm³/mol. The minimum Gasteiger partial charge on any atom is -0.408 e. The van der Waals surface area contributed by atoms with E-state index in [0.29, 0.717) is 17.6 Å². The third-order valence-corrected chi connectivity index (χ3v) is 2.81. The molecule has 0 aliphatic rings. The van der Waals surface area contributed by atoms with E-state index in [9.17, 15) is 4.79 Å². The third-order valence-electron chi connectivity index (χ3n) is 2.81. The quantitative estimate of drug-likeness (QED) is 0.731. The summed E-state index contributed by atoms with van der Waals surface area (Å²) in [7, 11) is 1.95. The largest absolute Gasteiger partial charge is 0.417 e. The van der Waals surface area contributed by atoms with E-state index in [1.54, 1.807) is 12.4 Å². The van der Waals surface area contributed by atoms with Crippen LogP contribution in [0.1, 0.15) is 5.69 Å². The number of rotatable bonds is 3. The van der Waals surface area contributed by atoms with Gasteiger partial charge in [0.05, 0.1) is 24.1 Å². The molecule has 0 saturated heterocycles. The van der Waals surface area contributed by atoms with Gasteiger partial charge in [0.2, 0.25) is 0 Å². The molecule has 0 aliphatic carbocycles. The number of aromatic nitrogens is 3. The second-order valence-corrected chi connectivity index (χ2v) is 4.07. The Balaban J connectivity index is 1.82. The lowest BCUT2D eigenvalue weighted by Crippen LogP contribution is -2.03. The fourth-order valence-electron chi connectivity index (χ4n) is 1.81. The van der Waals surface area contributed by atoms with Gasteiger partial charge >= 0.3 is 5.76 Å². The first kappa shape index (κ1) is 10.6. The zero-order chi connectivity index (χ0) is 12.5. The molecule has 0 radical (unpaired) electrons. The molecule has 0 atom stereocenters. The molecule has 0 aliphatic heterocycles. The lowest BCUT2D eigenvalue weighted by molar-refractivity contribution is 0.555. The highest BCUT2D eigenvalue weighted by molar-refractivity contribution is 5.76. The number of nitrogens with one attached hydrogen (secondary N) is 2. The van der Waals surface area contributed by atoms with Gasteiger partial charge in [0.25, 0.3) is 0 Å². The molecule has 92 valence electrons. The molecule has 3 aromatic rings. The van der Waals surface area contributed by atoms with Gasteiger partial charge in [-0.15, -0.1) is 0 Å². The fourth-order valence-corrected chi connectivity index (χ4v) is 1.81. The Labute approximate surface area is 102 Å². The molecule has 0 fully saturated rings. The highest BCUT2D eigenvalue weighted by atomic mass is 16.4. The molecule has 1 aromatic carbocycles. The van der Waals surface area contributed by atoms with Crippen LogP contribution in [-0.4, -0.2) is 14.5 Å². The maximum Gasteiger partial charge on any atom is 0.417 e. The van der Waals surface area contributed by atoms with Crippen molar-refractivity contribution in [1.82, 2.24) is 14.5 Å². The fraction of sp³-hybridized carbons (Fsp3) is 0.167. The van der Waals surface area contributed by atoms with Gasteiger partial charge in [-0.2, -0.15) is 0 Å². The van der Waals surface area contributed by atoms with Crippen molar-refractivity contribution < 1.29 is 4.42 Å². The Morgan fingerprint density at radius 2 is 2.39 bits per heavy atom. The second-order valence-electron chi connectivity index (χ2n) is 4.07. The van der Waals surface area contributed by atoms with Crippen LogP contribution in [0.2, 0.25) is 0 Å². The molecule has 0 amide bonds. The number of hydrogen-bond acceptors (Lipinski definition) is 4. The van der Waals surface area contributed by atoms with Crippen LogP contribution >= 0.6 is 0 Å². The van der Waals surface area contributed by atoms with Crippen LogP contribution in [0.25, 0.3) is 11.1 Å². The van der Waals surface area contributed by atoms with Gasteiger partial charge in [-0.05, 0) is 18.2 Å². The van der Waals surface area contributed by atoms with Crippen LogP contribution in [0.5, 0.6) is 0 Å². The first-order valence-electron chi connectivity index (χ1n) is 5.54. The summed E-state index contributed by atoms with van der Waals surface area (Å²) in [6.45, 7) is 0.671. The Bertz CT molecular complexity index is 738. The van der Waals surface area contributed by atoms with Crippen molar-refractivity contribution >= 4 is 16.8 Å². The number of aromatic amines is 1. The number of H-pyrrole nitrogens is 1. The van der Waals surface area contributed by atoms with Gasteiger partial charge in [0.15, 0.2) is 5.58 Å². The average molecular weight is 244 g/mol. The van der Waals surface area contributed by atoms with Gasteiger partial charge in [-0.1, -0.05) is 0 Å². The van der Waals surface area contributed by atoms with Gasteiger partial charge in [-0.25, -0.2) is 9.78 Å². The van der Waals surface area contributed by atoms with Crippen molar-refractivity contribution in [3.63, 3.8) is 0 Å². The number of benzene rings is 1. The molecule has 6 nitrogen and oxygen atoms in total. The minimum atomic E-state index is -0.436. The van der Waals surface area contributed by atoms with E-state index in [4.69, 9.17) is 4.42 Å². The molecule has 18 heavy (non-hydrogen) atoms. The summed E-state index contributed by atoms with van der Waals surface area (Å²) < 4.78 is 6.89. The highest BCUT2D eigenvalue weighted by Gasteiger charge is 2.03. The van der Waals surface area contributed by atoms with Crippen LogP contribution in [0.3, 0.4) is 0 Å². The number of nitrogens with zero attached hydrogens (tertiary/aromatic N) is 2. The molecule has 6 heteroatoms. The Hall–Kier alpha value is -2.50. The standard InChI is InChI=1S/C12H12N4O2/c1-16-7-13-5-9(16)6-14-8-2-3-11-10(4-8)15-12(17)18-11/h2-5,7,14H,6H2,1H3,(H,15,17). The van der Waals surface area contributed by atoms with E-state index in [0.717, 1.165) is 11.4 Å². The van der Waals surface area contributed by atoms with Crippen LogP contribution < -0.4 is 11.1 Å². The zero-order valence-corrected chi connectivity index (χ0v) is 9.80. The molecular formula is C12H12N4O2. The lowest BCUT2D eigenvalue weighted by atomic mass is 10.3. The van der Waals surface area contributed by atoms with Crippen LogP contribution in [-0.2, 0) is 13.6 Å². The smallest absolute Gasteiger partial charge is 0.408 e. The summed E-state index contributed by atoms with van der Waals surface area (Å²) >= 11 is 0. The molecular weight excluding hydrogens is 232 g/mol. The van der Waals surface area contributed by atoms with Gasteiger partial charge < -0.3 is 14.3 Å². The van der Waals surface area contributed by atoms with Crippen LogP contribution in [0.4, 0.5) is 5.69 Å². The van der Waals surface area contributed by atoms with E-state index >= 15 is 0 Å². The Kier molecular flexibility index (Phi) is 2.40. The first-order valence-corrected chi connectivity index (χ1v) is 5.54. The Morgan fingerprint density at radius 1 is 1.50 bits per heavy atom. The molecule has 3 rings (SSSR count). The summed E-state index contributed by atoms with van der Waals surface area (Å²) in [6.07, 6.45) is 3.57. The summed E-state index contributed by atoms with van der Waals surface area (Å²) in [5.41, 5.74) is 3.25. The predicted octanol–water partition coefficient (Wildman–Crippen LogP) is 1.47. The summed E-state index contributed by atoms with van der Waals surface area (Å²) in [6, 6.07) is 5.48. The monoisotopic (exact) mass is 244 g/mol. The molecule has 0 bridgehead atoms. The molecule has 2 aromatic heterocycles. The minimum absolute atomic E-state index is 0.436. The highest BCUT2D eigenvalue weighted by Crippen LogP contribution is 2.16. The van der Waals surface area contributed by atoms with Gasteiger partial charge in [-0.3, -0.25) is 4.98 Å². The van der Waals surface area contributed by atoms with E-state index in [1.807, 2.05) is 29.9 Å². The molecule has 0 saturated carbocycles. The van der Waals surface area contributed by atoms with Gasteiger partial charge in [0.1, 0.15) is 0 Å². The summed E-state index contributed by atoms with van der Waals surface area (Å²) in [4.78, 5) is 17.7. The topological polar surface area (TPSA) is 75.8 Å². The van der Waals surface area contributed by atoms with E-state index in [1.165, 1.54) is 0 Å². The number of hydrogen-bond donors (Lipinski definition) is 2. The maximum absolute atomic E-state index is 11.0. The van der Waals surface area contributed by atoms with Crippen molar-refractivity contribution in [2.24, 2.45) is 7.05 Å². The summed E-state index contributed by atoms with van der Waals surface area (Å²) in [5, 5.41) is 3.26. The van der Waals surface area contributed by atoms with Crippen molar-refractivity contribution in [2.75, 3.05) is 5.32 Å². The average Bonchev–Trinajstić information content (AvgIpc) is 2.90. The first-order chi connectivity index (χ1) is 8.72.